The second-order valence-electron chi connectivity index (χ2n) is 4.24. The van der Waals surface area contributed by atoms with Crippen LogP contribution in [-0.2, 0) is 7.05 Å². The minimum absolute atomic E-state index is 0.0861. The first kappa shape index (κ1) is 11.4. The van der Waals surface area contributed by atoms with Crippen molar-refractivity contribution >= 4 is 11.4 Å². The molecule has 0 bridgehead atoms. The van der Waals surface area contributed by atoms with Crippen molar-refractivity contribution in [3.05, 3.63) is 35.9 Å². The fourth-order valence-electron chi connectivity index (χ4n) is 1.78. The molecule has 1 aromatic heterocycles. The first-order valence-corrected chi connectivity index (χ1v) is 5.54. The molecule has 1 heterocycles. The first-order chi connectivity index (χ1) is 8.08. The van der Waals surface area contributed by atoms with Crippen molar-refractivity contribution in [2.24, 2.45) is 7.05 Å². The summed E-state index contributed by atoms with van der Waals surface area (Å²) in [6, 6.07) is 5.92. The van der Waals surface area contributed by atoms with Crippen LogP contribution in [0.5, 0.6) is 0 Å². The fourth-order valence-corrected chi connectivity index (χ4v) is 1.78. The summed E-state index contributed by atoms with van der Waals surface area (Å²) >= 11 is 0. The minimum atomic E-state index is 0.0861. The van der Waals surface area contributed by atoms with Gasteiger partial charge in [-0.3, -0.25) is 0 Å². The monoisotopic (exact) mass is 231 g/mol. The average molecular weight is 231 g/mol. The molecule has 2 aromatic rings. The molecule has 0 saturated heterocycles. The smallest absolute Gasteiger partial charge is 0.154 e. The SMILES string of the molecule is Cc1ccc(N)cc1NC(C)c1nncn1C. The number of nitrogen functional groups attached to an aromatic ring is 1. The van der Waals surface area contributed by atoms with Gasteiger partial charge in [0, 0.05) is 18.4 Å². The van der Waals surface area contributed by atoms with Gasteiger partial charge >= 0.3 is 0 Å². The third-order valence-electron chi connectivity index (χ3n) is 2.77. The Balaban J connectivity index is 2.21. The zero-order valence-corrected chi connectivity index (χ0v) is 10.3. The number of aryl methyl sites for hydroxylation is 2. The molecule has 5 heteroatoms. The van der Waals surface area contributed by atoms with E-state index in [0.717, 1.165) is 22.8 Å². The Kier molecular flexibility index (Phi) is 2.99. The highest BCUT2D eigenvalue weighted by atomic mass is 15.3. The van der Waals surface area contributed by atoms with Gasteiger partial charge in [-0.2, -0.15) is 0 Å². The van der Waals surface area contributed by atoms with Crippen molar-refractivity contribution in [1.82, 2.24) is 14.8 Å². The third kappa shape index (κ3) is 2.38. The molecule has 0 saturated carbocycles. The molecular weight excluding hydrogens is 214 g/mol. The van der Waals surface area contributed by atoms with Gasteiger partial charge in [0.05, 0.1) is 6.04 Å². The van der Waals surface area contributed by atoms with Crippen LogP contribution in [0.4, 0.5) is 11.4 Å². The van der Waals surface area contributed by atoms with Crippen LogP contribution in [0.3, 0.4) is 0 Å². The molecule has 0 aliphatic rings. The molecule has 0 radical (unpaired) electrons. The highest BCUT2D eigenvalue weighted by Crippen LogP contribution is 2.22. The highest BCUT2D eigenvalue weighted by Gasteiger charge is 2.11. The lowest BCUT2D eigenvalue weighted by atomic mass is 10.1. The Morgan fingerprint density at radius 1 is 1.41 bits per heavy atom. The second kappa shape index (κ2) is 4.45. The lowest BCUT2D eigenvalue weighted by Gasteiger charge is -2.16. The fraction of sp³-hybridized carbons (Fsp3) is 0.333. The van der Waals surface area contributed by atoms with Crippen molar-refractivity contribution in [2.45, 2.75) is 19.9 Å². The minimum Gasteiger partial charge on any atom is -0.399 e. The second-order valence-corrected chi connectivity index (χ2v) is 4.24. The summed E-state index contributed by atoms with van der Waals surface area (Å²) < 4.78 is 1.90. The van der Waals surface area contributed by atoms with E-state index in [0.29, 0.717) is 0 Å². The van der Waals surface area contributed by atoms with Crippen molar-refractivity contribution in [3.8, 4) is 0 Å². The predicted molar refractivity (Wildman–Crippen MR) is 68.6 cm³/mol. The van der Waals surface area contributed by atoms with Gasteiger partial charge in [-0.1, -0.05) is 6.07 Å². The summed E-state index contributed by atoms with van der Waals surface area (Å²) in [6.07, 6.45) is 1.69. The van der Waals surface area contributed by atoms with Gasteiger partial charge in [0.15, 0.2) is 5.82 Å². The molecule has 3 N–H and O–H groups in total. The molecule has 1 aromatic carbocycles. The van der Waals surface area contributed by atoms with Crippen LogP contribution < -0.4 is 11.1 Å². The van der Waals surface area contributed by atoms with Crippen LogP contribution in [0.2, 0.25) is 0 Å². The molecule has 0 spiro atoms. The maximum absolute atomic E-state index is 5.78. The van der Waals surface area contributed by atoms with Gasteiger partial charge in [0.1, 0.15) is 6.33 Å². The quantitative estimate of drug-likeness (QED) is 0.791. The molecule has 2 rings (SSSR count). The normalized spacial score (nSPS) is 12.4. The number of nitrogens with two attached hydrogens (primary N) is 1. The number of aromatic nitrogens is 3. The molecule has 1 atom stereocenters. The van der Waals surface area contributed by atoms with Crippen molar-refractivity contribution in [1.29, 1.82) is 0 Å². The van der Waals surface area contributed by atoms with E-state index < -0.39 is 0 Å². The molecular formula is C12H17N5. The molecule has 0 amide bonds. The first-order valence-electron chi connectivity index (χ1n) is 5.54. The largest absolute Gasteiger partial charge is 0.399 e. The number of hydrogen-bond donors (Lipinski definition) is 2. The van der Waals surface area contributed by atoms with E-state index in [-0.39, 0.29) is 6.04 Å². The number of anilines is 2. The van der Waals surface area contributed by atoms with Crippen LogP contribution in [0.15, 0.2) is 24.5 Å². The van der Waals surface area contributed by atoms with Crippen LogP contribution in [0, 0.1) is 6.92 Å². The Hall–Kier alpha value is -2.04. The number of nitrogens with zero attached hydrogens (tertiary/aromatic N) is 3. The van der Waals surface area contributed by atoms with Gasteiger partial charge in [0.25, 0.3) is 0 Å². The summed E-state index contributed by atoms with van der Waals surface area (Å²) in [5.74, 6) is 0.895. The zero-order valence-electron chi connectivity index (χ0n) is 10.3. The highest BCUT2D eigenvalue weighted by molar-refractivity contribution is 5.59. The van der Waals surface area contributed by atoms with Crippen LogP contribution in [-0.4, -0.2) is 14.8 Å². The molecule has 1 unspecified atom stereocenters. The van der Waals surface area contributed by atoms with E-state index in [1.165, 1.54) is 0 Å². The average Bonchev–Trinajstić information content (AvgIpc) is 2.70. The summed E-state index contributed by atoms with van der Waals surface area (Å²) in [5, 5.41) is 11.3. The van der Waals surface area contributed by atoms with E-state index in [1.54, 1.807) is 6.33 Å². The standard InChI is InChI=1S/C12H17N5/c1-8-4-5-10(13)6-11(8)15-9(2)12-16-14-7-17(12)3/h4-7,9,15H,13H2,1-3H3. The Labute approximate surface area is 101 Å². The summed E-state index contributed by atoms with van der Waals surface area (Å²) in [6.45, 7) is 4.10. The predicted octanol–water partition coefficient (Wildman–Crippen LogP) is 1.88. The lowest BCUT2D eigenvalue weighted by Crippen LogP contribution is -2.12. The van der Waals surface area contributed by atoms with Crippen molar-refractivity contribution < 1.29 is 0 Å². The molecule has 0 fully saturated rings. The molecule has 0 aliphatic carbocycles. The maximum Gasteiger partial charge on any atom is 0.154 e. The van der Waals surface area contributed by atoms with E-state index in [4.69, 9.17) is 5.73 Å². The Morgan fingerprint density at radius 2 is 2.18 bits per heavy atom. The summed E-state index contributed by atoms with van der Waals surface area (Å²) in [4.78, 5) is 0. The van der Waals surface area contributed by atoms with Crippen LogP contribution in [0.1, 0.15) is 24.4 Å². The maximum atomic E-state index is 5.78. The third-order valence-corrected chi connectivity index (χ3v) is 2.77. The topological polar surface area (TPSA) is 68.8 Å². The number of benzene rings is 1. The molecule has 5 nitrogen and oxygen atoms in total. The van der Waals surface area contributed by atoms with Crippen LogP contribution >= 0.6 is 0 Å². The lowest BCUT2D eigenvalue weighted by molar-refractivity contribution is 0.719. The molecule has 17 heavy (non-hydrogen) atoms. The number of hydrogen-bond acceptors (Lipinski definition) is 4. The van der Waals surface area contributed by atoms with Crippen molar-refractivity contribution in [2.75, 3.05) is 11.1 Å². The Bertz CT molecular complexity index is 517. The van der Waals surface area contributed by atoms with Crippen molar-refractivity contribution in [3.63, 3.8) is 0 Å². The van der Waals surface area contributed by atoms with Gasteiger partial charge < -0.3 is 15.6 Å². The van der Waals surface area contributed by atoms with E-state index in [1.807, 2.05) is 43.7 Å². The van der Waals surface area contributed by atoms with Gasteiger partial charge in [0.2, 0.25) is 0 Å². The molecule has 90 valence electrons. The number of nitrogens with one attached hydrogen (secondary N) is 1. The van der Waals surface area contributed by atoms with E-state index in [9.17, 15) is 0 Å². The van der Waals surface area contributed by atoms with Gasteiger partial charge in [-0.25, -0.2) is 0 Å². The summed E-state index contributed by atoms with van der Waals surface area (Å²) in [5.41, 5.74) is 8.72. The van der Waals surface area contributed by atoms with Gasteiger partial charge in [-0.05, 0) is 31.5 Å². The Morgan fingerprint density at radius 3 is 2.82 bits per heavy atom. The summed E-state index contributed by atoms with van der Waals surface area (Å²) in [7, 11) is 1.93. The number of rotatable bonds is 3. The molecule has 0 aliphatic heterocycles. The van der Waals surface area contributed by atoms with Crippen LogP contribution in [0.25, 0.3) is 0 Å². The van der Waals surface area contributed by atoms with E-state index >= 15 is 0 Å². The van der Waals surface area contributed by atoms with Gasteiger partial charge in [-0.15, -0.1) is 10.2 Å². The zero-order chi connectivity index (χ0) is 12.4. The van der Waals surface area contributed by atoms with E-state index in [2.05, 4.69) is 15.5 Å².